The summed E-state index contributed by atoms with van der Waals surface area (Å²) < 4.78 is 0. The Morgan fingerprint density at radius 3 is 1.34 bits per heavy atom. The molecule has 0 unspecified atom stereocenters. The van der Waals surface area contributed by atoms with E-state index in [9.17, 15) is 72.9 Å². The fraction of sp³-hybridized carbons (Fsp3) is 0.667. The van der Waals surface area contributed by atoms with E-state index in [1.807, 2.05) is 0 Å². The summed E-state index contributed by atoms with van der Waals surface area (Å²) in [6, 6.07) is -15.5. The summed E-state index contributed by atoms with van der Waals surface area (Å²) in [6.45, 7) is 5.78. The minimum Gasteiger partial charge on any atom is -0.391 e. The first kappa shape index (κ1) is 64.7. The van der Waals surface area contributed by atoms with Gasteiger partial charge in [0.25, 0.3) is 0 Å². The molecule has 401 valence electrons. The van der Waals surface area contributed by atoms with E-state index in [0.29, 0.717) is 0 Å². The van der Waals surface area contributed by atoms with Gasteiger partial charge in [0.05, 0.1) is 36.8 Å². The number of carbonyl (C=O) groups is 11. The van der Waals surface area contributed by atoms with Crippen LogP contribution in [0.15, 0.2) is 0 Å². The summed E-state index contributed by atoms with van der Waals surface area (Å²) >= 11 is 7.95. The number of nitrogens with two attached hydrogens (primary N) is 4. The molecule has 0 aliphatic carbocycles. The predicted octanol–water partition coefficient (Wildman–Crippen LogP) is -9.77. The number of rotatable bonds is 33. The smallest absolute Gasteiger partial charge is 0.245 e. The summed E-state index contributed by atoms with van der Waals surface area (Å²) in [5.74, 6) is -12.4. The van der Waals surface area contributed by atoms with Gasteiger partial charge in [-0.25, -0.2) is 0 Å². The van der Waals surface area contributed by atoms with Crippen molar-refractivity contribution in [3.05, 3.63) is 0 Å². The number of primary amides is 2. The first-order valence-corrected chi connectivity index (χ1v) is 23.0. The number of aliphatic hydroxyl groups is 3. The summed E-state index contributed by atoms with van der Waals surface area (Å²) in [5, 5.41) is 61.0. The molecule has 0 aliphatic rings. The van der Waals surface area contributed by atoms with Crippen LogP contribution < -0.4 is 76.1 Å². The normalized spacial score (nSPS) is 16.4. The van der Waals surface area contributed by atoms with Gasteiger partial charge in [0.1, 0.15) is 48.3 Å². The molecule has 30 nitrogen and oxygen atoms in total. The Hall–Kier alpha value is -6.35. The van der Waals surface area contributed by atoms with E-state index in [1.165, 1.54) is 0 Å². The van der Waals surface area contributed by atoms with Crippen LogP contribution in [0.4, 0.5) is 0 Å². The van der Waals surface area contributed by atoms with Gasteiger partial charge in [-0.15, -0.1) is 0 Å². The molecule has 0 saturated heterocycles. The summed E-state index contributed by atoms with van der Waals surface area (Å²) in [7, 11) is 0. The van der Waals surface area contributed by atoms with E-state index in [0.717, 1.165) is 34.6 Å². The lowest BCUT2D eigenvalue weighted by atomic mass is 10.1. The highest BCUT2D eigenvalue weighted by Gasteiger charge is 2.36. The third-order valence-electron chi connectivity index (χ3n) is 9.84. The Balaban J connectivity index is 5.85. The largest absolute Gasteiger partial charge is 0.391 e. The zero-order chi connectivity index (χ0) is 54.9. The number of aliphatic hydroxyl groups excluding tert-OH is 3. The van der Waals surface area contributed by atoms with Crippen LogP contribution in [-0.2, 0) is 57.5 Å². The van der Waals surface area contributed by atoms with Crippen molar-refractivity contribution in [3.63, 3.8) is 0 Å². The van der Waals surface area contributed by atoms with Crippen LogP contribution in [0.2, 0.25) is 0 Å². The van der Waals surface area contributed by atoms with Gasteiger partial charge in [0, 0.05) is 24.5 Å². The Labute approximate surface area is 419 Å². The highest BCUT2D eigenvalue weighted by Crippen LogP contribution is 2.06. The van der Waals surface area contributed by atoms with Gasteiger partial charge in [0.15, 0.2) is 5.96 Å². The number of thiol groups is 2. The number of nitrogens with one attached hydrogen (secondary N) is 11. The fourth-order valence-electron chi connectivity index (χ4n) is 5.78. The second-order valence-electron chi connectivity index (χ2n) is 16.1. The molecule has 0 heterocycles. The van der Waals surface area contributed by atoms with Crippen molar-refractivity contribution >= 4 is 102 Å². The number of hydrogen-bond acceptors (Lipinski definition) is 19. The van der Waals surface area contributed by atoms with E-state index < -0.39 is 162 Å². The van der Waals surface area contributed by atoms with Crippen molar-refractivity contribution in [3.8, 4) is 0 Å². The molecule has 0 aromatic heterocycles. The van der Waals surface area contributed by atoms with Crippen LogP contribution >= 0.6 is 25.3 Å². The first-order chi connectivity index (χ1) is 33.0. The quantitative estimate of drug-likeness (QED) is 0.0126. The number of guanidine groups is 1. The molecule has 32 heteroatoms. The second kappa shape index (κ2) is 32.5. The van der Waals surface area contributed by atoms with Crippen LogP contribution in [0.25, 0.3) is 0 Å². The van der Waals surface area contributed by atoms with E-state index in [1.54, 1.807) is 6.29 Å². The van der Waals surface area contributed by atoms with Crippen molar-refractivity contribution in [2.75, 3.05) is 18.1 Å². The van der Waals surface area contributed by atoms with E-state index in [4.69, 9.17) is 28.3 Å². The number of carbonyl (C=O) groups excluding carboxylic acids is 12. The van der Waals surface area contributed by atoms with Crippen molar-refractivity contribution in [1.29, 1.82) is 5.41 Å². The maximum absolute atomic E-state index is 13.4. The lowest BCUT2D eigenvalue weighted by Crippen LogP contribution is -2.63. The highest BCUT2D eigenvalue weighted by atomic mass is 32.1. The van der Waals surface area contributed by atoms with Crippen LogP contribution in [0.1, 0.15) is 66.7 Å². The van der Waals surface area contributed by atoms with Gasteiger partial charge in [0.2, 0.25) is 71.3 Å². The second-order valence-corrected chi connectivity index (χ2v) is 16.9. The molecule has 11 amide bonds. The Morgan fingerprint density at radius 1 is 0.521 bits per heavy atom. The van der Waals surface area contributed by atoms with E-state index >= 15 is 0 Å². The minimum absolute atomic E-state index is 0.0414. The van der Waals surface area contributed by atoms with Crippen molar-refractivity contribution in [2.45, 2.75) is 145 Å². The van der Waals surface area contributed by atoms with Crippen LogP contribution in [0.5, 0.6) is 0 Å². The van der Waals surface area contributed by atoms with E-state index in [-0.39, 0.29) is 37.5 Å². The Bertz CT molecular complexity index is 1920. The lowest BCUT2D eigenvalue weighted by molar-refractivity contribution is -0.137. The van der Waals surface area contributed by atoms with Gasteiger partial charge in [-0.3, -0.25) is 62.9 Å². The summed E-state index contributed by atoms with van der Waals surface area (Å²) in [5.41, 5.74) is 21.2. The Morgan fingerprint density at radius 2 is 0.930 bits per heavy atom. The van der Waals surface area contributed by atoms with Crippen LogP contribution in [0.3, 0.4) is 0 Å². The number of amides is 11. The maximum Gasteiger partial charge on any atom is 0.245 e. The van der Waals surface area contributed by atoms with Crippen LogP contribution in [-0.4, -0.2) is 189 Å². The molecule has 0 aliphatic heterocycles. The maximum atomic E-state index is 13.4. The molecular formula is C39H68N15O15S2. The molecule has 0 fully saturated rings. The average Bonchev–Trinajstić information content (AvgIpc) is 3.28. The zero-order valence-electron chi connectivity index (χ0n) is 39.6. The van der Waals surface area contributed by atoms with Gasteiger partial charge >= 0.3 is 0 Å². The van der Waals surface area contributed by atoms with Crippen molar-refractivity contribution in [2.24, 2.45) is 22.9 Å². The Kier molecular flexibility index (Phi) is 29.6. The van der Waals surface area contributed by atoms with Gasteiger partial charge < -0.3 is 91.4 Å². The molecule has 0 aromatic carbocycles. The standard InChI is InChI=1S/C39H68N15O15S2/c1-15(30(61)52-28(18(4)57)37(68)49-22(8-9-25(41)59)33(64)48-20(12-55)7-6-10-45-39(43)44)46-35(66)24(14-71)51-38(69)29(19(5)58)53-31(62)16(2)47-36(67)27(17(3)56)54-34(65)23(11-26(42)60)50-32(63)21(40)13-70/h15-24,27-29,56-58,70-71H,6-11,13-14,40H2,1-5H3,(H2,41,59)(H2,42,60)(H,46,66)(H,47,67)(H,48,64)(H,49,68)(H,50,63)(H,51,69)(H,52,61)(H,53,62)(H,54,65)(H4,43,44,45)/t15-,16-,17+,18+,19+,20-,21-,22-,23-,24-,27-,28-,29-/m0/s1. The van der Waals surface area contributed by atoms with E-state index in [2.05, 4.69) is 78.4 Å². The highest BCUT2D eigenvalue weighted by molar-refractivity contribution is 7.80. The van der Waals surface area contributed by atoms with Crippen molar-refractivity contribution in [1.82, 2.24) is 53.2 Å². The lowest BCUT2D eigenvalue weighted by Gasteiger charge is -2.28. The monoisotopic (exact) mass is 1050 g/mol. The molecule has 0 saturated carbocycles. The summed E-state index contributed by atoms with van der Waals surface area (Å²) in [4.78, 5) is 153. The SMILES string of the molecule is C[C@H](NC(=O)[C@H](CS)NC(=O)[C@@H](NC(=O)[C@H](C)NC(=O)[C@@H](NC(=O)[C@H](CC(N)=O)NC(=O)[C@@H](N)CS)[C@@H](C)O)[C@@H](C)O)C(=O)N[C@H](C(=O)N[C@@H](CCC(N)=O)C(=O)N[C@H]([C]=O)CCCNC(=N)N)[C@@H](C)O. The number of hydrogen-bond donors (Lipinski definition) is 20. The average molecular weight is 1050 g/mol. The molecule has 1 radical (unpaired) electrons. The van der Waals surface area contributed by atoms with Gasteiger partial charge in [-0.1, -0.05) is 0 Å². The molecule has 0 spiro atoms. The molecule has 0 bridgehead atoms. The molecular weight excluding hydrogens is 983 g/mol. The van der Waals surface area contributed by atoms with Crippen molar-refractivity contribution < 1.29 is 72.9 Å². The fourth-order valence-corrected chi connectivity index (χ4v) is 6.20. The topological polar surface area (TPSA) is 514 Å². The first-order valence-electron chi connectivity index (χ1n) is 21.8. The summed E-state index contributed by atoms with van der Waals surface area (Å²) in [6.07, 6.45) is -4.49. The van der Waals surface area contributed by atoms with Crippen LogP contribution in [0, 0.1) is 5.41 Å². The molecule has 22 N–H and O–H groups in total. The molecule has 71 heavy (non-hydrogen) atoms. The third kappa shape index (κ3) is 24.4. The molecule has 0 rings (SSSR count). The minimum atomic E-state index is -1.80. The molecule has 0 aromatic rings. The van der Waals surface area contributed by atoms with Gasteiger partial charge in [-0.05, 0) is 53.9 Å². The molecule has 13 atom stereocenters. The third-order valence-corrected chi connectivity index (χ3v) is 10.6. The zero-order valence-corrected chi connectivity index (χ0v) is 41.4. The predicted molar refractivity (Wildman–Crippen MR) is 257 cm³/mol. The van der Waals surface area contributed by atoms with Gasteiger partial charge in [-0.2, -0.15) is 25.3 Å².